The minimum Gasteiger partial charge on any atom is -0.337 e. The van der Waals surface area contributed by atoms with Crippen molar-refractivity contribution in [3.05, 3.63) is 17.4 Å². The molecular weight excluding hydrogens is 247 g/mol. The van der Waals surface area contributed by atoms with Crippen LogP contribution in [0.15, 0.2) is 12.4 Å². The van der Waals surface area contributed by atoms with Crippen LogP contribution in [0.5, 0.6) is 0 Å². The molecule has 16 heavy (non-hydrogen) atoms. The molecule has 2 N–H and O–H groups in total. The van der Waals surface area contributed by atoms with Crippen molar-refractivity contribution in [3.8, 4) is 0 Å². The van der Waals surface area contributed by atoms with Gasteiger partial charge in [0, 0.05) is 19.1 Å². The van der Waals surface area contributed by atoms with Crippen molar-refractivity contribution in [2.75, 3.05) is 18.0 Å². The second-order valence-electron chi connectivity index (χ2n) is 3.78. The van der Waals surface area contributed by atoms with Crippen LogP contribution in [-0.4, -0.2) is 29.1 Å². The summed E-state index contributed by atoms with van der Waals surface area (Å²) in [5.74, 6) is 0.745. The van der Waals surface area contributed by atoms with E-state index in [0.717, 1.165) is 18.9 Å². The fourth-order valence-corrected chi connectivity index (χ4v) is 2.06. The maximum absolute atomic E-state index is 5.75. The maximum Gasteiger partial charge on any atom is 0.225 e. The van der Waals surface area contributed by atoms with Crippen LogP contribution in [0.25, 0.3) is 0 Å². The van der Waals surface area contributed by atoms with Gasteiger partial charge in [-0.25, -0.2) is 9.97 Å². The van der Waals surface area contributed by atoms with E-state index >= 15 is 0 Å². The third-order valence-electron chi connectivity index (χ3n) is 2.76. The summed E-state index contributed by atoms with van der Waals surface area (Å²) in [5.41, 5.74) is 5.74. The highest BCUT2D eigenvalue weighted by Crippen LogP contribution is 2.21. The molecule has 0 bridgehead atoms. The summed E-state index contributed by atoms with van der Waals surface area (Å²) in [6.45, 7) is 1.65. The summed E-state index contributed by atoms with van der Waals surface area (Å²) in [6.07, 6.45) is 6.81. The van der Waals surface area contributed by atoms with Gasteiger partial charge >= 0.3 is 0 Å². The molecule has 4 nitrogen and oxygen atoms in total. The van der Waals surface area contributed by atoms with Crippen LogP contribution in [0, 0.1) is 0 Å². The van der Waals surface area contributed by atoms with Crippen LogP contribution in [0.4, 0.5) is 5.95 Å². The molecule has 0 aromatic carbocycles. The van der Waals surface area contributed by atoms with Crippen LogP contribution in [0.2, 0.25) is 5.02 Å². The van der Waals surface area contributed by atoms with Crippen LogP contribution in [0.3, 0.4) is 0 Å². The lowest BCUT2D eigenvalue weighted by atomic mass is 10.0. The van der Waals surface area contributed by atoms with Crippen molar-refractivity contribution in [2.45, 2.75) is 25.3 Å². The molecule has 6 heteroatoms. The van der Waals surface area contributed by atoms with Crippen molar-refractivity contribution in [1.29, 1.82) is 0 Å². The molecule has 90 valence electrons. The number of hydrogen-bond donors (Lipinski definition) is 1. The van der Waals surface area contributed by atoms with E-state index in [9.17, 15) is 0 Å². The Hall–Kier alpha value is -0.580. The molecule has 0 saturated carbocycles. The molecule has 1 atom stereocenters. The third-order valence-corrected chi connectivity index (χ3v) is 2.96. The highest BCUT2D eigenvalue weighted by molar-refractivity contribution is 6.30. The van der Waals surface area contributed by atoms with Gasteiger partial charge in [-0.2, -0.15) is 0 Å². The Morgan fingerprint density at radius 1 is 1.38 bits per heavy atom. The van der Waals surface area contributed by atoms with Crippen LogP contribution >= 0.6 is 24.0 Å². The van der Waals surface area contributed by atoms with Crippen LogP contribution < -0.4 is 10.6 Å². The molecule has 1 aromatic rings. The number of nitrogens with two attached hydrogens (primary N) is 1. The SMILES string of the molecule is Cl.NCC1CCCCN1c1ncc(Cl)cn1. The van der Waals surface area contributed by atoms with Gasteiger partial charge in [0.2, 0.25) is 5.95 Å². The molecule has 1 saturated heterocycles. The fraction of sp³-hybridized carbons (Fsp3) is 0.600. The zero-order valence-electron chi connectivity index (χ0n) is 8.97. The van der Waals surface area contributed by atoms with E-state index in [0.29, 0.717) is 17.6 Å². The summed E-state index contributed by atoms with van der Waals surface area (Å²) in [7, 11) is 0. The minimum atomic E-state index is 0. The first kappa shape index (κ1) is 13.5. The second kappa shape index (κ2) is 6.23. The first-order chi connectivity index (χ1) is 7.31. The first-order valence-corrected chi connectivity index (χ1v) is 5.63. The number of piperidine rings is 1. The zero-order chi connectivity index (χ0) is 10.7. The van der Waals surface area contributed by atoms with Gasteiger partial charge in [-0.3, -0.25) is 0 Å². The molecule has 1 aliphatic rings. The van der Waals surface area contributed by atoms with E-state index in [1.807, 2.05) is 0 Å². The summed E-state index contributed by atoms with van der Waals surface area (Å²) in [6, 6.07) is 0.375. The molecule has 1 aromatic heterocycles. The number of aromatic nitrogens is 2. The third kappa shape index (κ3) is 2.97. The zero-order valence-corrected chi connectivity index (χ0v) is 10.5. The van der Waals surface area contributed by atoms with Gasteiger partial charge in [0.25, 0.3) is 0 Å². The van der Waals surface area contributed by atoms with Gasteiger partial charge in [0.15, 0.2) is 0 Å². The Balaban J connectivity index is 0.00000128. The lowest BCUT2D eigenvalue weighted by Gasteiger charge is -2.34. The Labute approximate surface area is 107 Å². The van der Waals surface area contributed by atoms with Gasteiger partial charge in [-0.1, -0.05) is 11.6 Å². The molecule has 0 spiro atoms. The molecule has 1 unspecified atom stereocenters. The second-order valence-corrected chi connectivity index (χ2v) is 4.22. The number of halogens is 2. The van der Waals surface area contributed by atoms with Gasteiger partial charge in [0.1, 0.15) is 0 Å². The van der Waals surface area contributed by atoms with E-state index < -0.39 is 0 Å². The summed E-state index contributed by atoms with van der Waals surface area (Å²) >= 11 is 5.75. The van der Waals surface area contributed by atoms with Gasteiger partial charge in [0.05, 0.1) is 17.4 Å². The molecule has 0 amide bonds. The molecule has 2 heterocycles. The number of nitrogens with zero attached hydrogens (tertiary/aromatic N) is 3. The predicted molar refractivity (Wildman–Crippen MR) is 68.3 cm³/mol. The minimum absolute atomic E-state index is 0. The molecule has 1 aliphatic heterocycles. The van der Waals surface area contributed by atoms with E-state index in [4.69, 9.17) is 17.3 Å². The number of rotatable bonds is 2. The van der Waals surface area contributed by atoms with E-state index in [2.05, 4.69) is 14.9 Å². The predicted octanol–water partition coefficient (Wildman–Crippen LogP) is 1.87. The first-order valence-electron chi connectivity index (χ1n) is 5.25. The normalized spacial score (nSPS) is 20.4. The van der Waals surface area contributed by atoms with Gasteiger partial charge < -0.3 is 10.6 Å². The van der Waals surface area contributed by atoms with Crippen molar-refractivity contribution in [3.63, 3.8) is 0 Å². The maximum atomic E-state index is 5.75. The topological polar surface area (TPSA) is 55.0 Å². The summed E-state index contributed by atoms with van der Waals surface area (Å²) in [5, 5.41) is 0.569. The molecular formula is C10H16Cl2N4. The lowest BCUT2D eigenvalue weighted by Crippen LogP contribution is -2.45. The monoisotopic (exact) mass is 262 g/mol. The van der Waals surface area contributed by atoms with Gasteiger partial charge in [-0.15, -0.1) is 12.4 Å². The van der Waals surface area contributed by atoms with Crippen LogP contribution in [-0.2, 0) is 0 Å². The van der Waals surface area contributed by atoms with Gasteiger partial charge in [-0.05, 0) is 19.3 Å². The quantitative estimate of drug-likeness (QED) is 0.885. The van der Waals surface area contributed by atoms with Crippen molar-refractivity contribution in [1.82, 2.24) is 9.97 Å². The van der Waals surface area contributed by atoms with Crippen molar-refractivity contribution in [2.24, 2.45) is 5.73 Å². The molecule has 0 aliphatic carbocycles. The van der Waals surface area contributed by atoms with E-state index in [-0.39, 0.29) is 12.4 Å². The molecule has 1 fully saturated rings. The summed E-state index contributed by atoms with van der Waals surface area (Å²) in [4.78, 5) is 10.6. The van der Waals surface area contributed by atoms with Crippen molar-refractivity contribution < 1.29 is 0 Å². The largest absolute Gasteiger partial charge is 0.337 e. The van der Waals surface area contributed by atoms with E-state index in [1.54, 1.807) is 12.4 Å². The van der Waals surface area contributed by atoms with E-state index in [1.165, 1.54) is 12.8 Å². The number of hydrogen-bond acceptors (Lipinski definition) is 4. The Bertz CT molecular complexity index is 317. The lowest BCUT2D eigenvalue weighted by molar-refractivity contribution is 0.458. The smallest absolute Gasteiger partial charge is 0.225 e. The summed E-state index contributed by atoms with van der Waals surface area (Å²) < 4.78 is 0. The Morgan fingerprint density at radius 2 is 2.06 bits per heavy atom. The Kier molecular flexibility index (Phi) is 5.25. The molecule has 0 radical (unpaired) electrons. The average Bonchev–Trinajstić information content (AvgIpc) is 2.30. The standard InChI is InChI=1S/C10H15ClN4.ClH/c11-8-6-13-10(14-7-8)15-4-2-1-3-9(15)5-12;/h6-7,9H,1-5,12H2;1H. The fourth-order valence-electron chi connectivity index (χ4n) is 1.96. The average molecular weight is 263 g/mol. The highest BCUT2D eigenvalue weighted by Gasteiger charge is 2.22. The number of anilines is 1. The highest BCUT2D eigenvalue weighted by atomic mass is 35.5. The van der Waals surface area contributed by atoms with Crippen molar-refractivity contribution >= 4 is 30.0 Å². The molecule has 2 rings (SSSR count). The van der Waals surface area contributed by atoms with Crippen LogP contribution in [0.1, 0.15) is 19.3 Å². The Morgan fingerprint density at radius 3 is 2.69 bits per heavy atom.